The average molecular weight is 359 g/mol. The van der Waals surface area contributed by atoms with Crippen LogP contribution in [0.15, 0.2) is 22.7 Å². The van der Waals surface area contributed by atoms with Gasteiger partial charge in [0.15, 0.2) is 0 Å². The quantitative estimate of drug-likeness (QED) is 0.878. The van der Waals surface area contributed by atoms with Crippen molar-refractivity contribution in [3.63, 3.8) is 0 Å². The second kappa shape index (κ2) is 6.85. The van der Waals surface area contributed by atoms with Crippen LogP contribution in [-0.4, -0.2) is 43.7 Å². The number of carbonyl (C=O) groups is 1. The van der Waals surface area contributed by atoms with Crippen LogP contribution in [0, 0.1) is 5.82 Å². The van der Waals surface area contributed by atoms with E-state index in [4.69, 9.17) is 4.74 Å². The van der Waals surface area contributed by atoms with Gasteiger partial charge in [-0.3, -0.25) is 9.69 Å². The van der Waals surface area contributed by atoms with E-state index in [9.17, 15) is 9.18 Å². The van der Waals surface area contributed by atoms with Crippen molar-refractivity contribution in [3.8, 4) is 0 Å². The number of halogens is 2. The maximum Gasteiger partial charge on any atom is 0.242 e. The minimum absolute atomic E-state index is 0.0250. The Balaban J connectivity index is 2.23. The standard InChI is InChI=1S/C15H20BrFN2O2/c1-18-14(20)15(10-21-2)6-3-7-19(15)9-11-4-5-13(17)12(16)8-11/h4-5,8H,3,6-7,9-10H2,1-2H3,(H,18,20). The maximum absolute atomic E-state index is 13.3. The Labute approximate surface area is 132 Å². The van der Waals surface area contributed by atoms with E-state index in [1.54, 1.807) is 26.3 Å². The van der Waals surface area contributed by atoms with E-state index in [1.165, 1.54) is 6.07 Å². The molecule has 1 fully saturated rings. The highest BCUT2D eigenvalue weighted by Crippen LogP contribution is 2.32. The Morgan fingerprint density at radius 3 is 2.95 bits per heavy atom. The van der Waals surface area contributed by atoms with E-state index < -0.39 is 5.54 Å². The van der Waals surface area contributed by atoms with Gasteiger partial charge in [-0.25, -0.2) is 4.39 Å². The fraction of sp³-hybridized carbons (Fsp3) is 0.533. The zero-order chi connectivity index (χ0) is 15.5. The number of hydrogen-bond donors (Lipinski definition) is 1. The van der Waals surface area contributed by atoms with Crippen molar-refractivity contribution in [1.29, 1.82) is 0 Å². The molecule has 1 aromatic carbocycles. The van der Waals surface area contributed by atoms with Crippen LogP contribution >= 0.6 is 15.9 Å². The largest absolute Gasteiger partial charge is 0.382 e. The first-order valence-electron chi connectivity index (χ1n) is 6.93. The van der Waals surface area contributed by atoms with Crippen LogP contribution in [0.1, 0.15) is 18.4 Å². The van der Waals surface area contributed by atoms with Gasteiger partial charge in [0, 0.05) is 20.7 Å². The first-order chi connectivity index (χ1) is 10.0. The molecule has 1 N–H and O–H groups in total. The van der Waals surface area contributed by atoms with Crippen LogP contribution in [0.25, 0.3) is 0 Å². The Hall–Kier alpha value is -0.980. The molecule has 1 heterocycles. The Morgan fingerprint density at radius 2 is 2.33 bits per heavy atom. The lowest BCUT2D eigenvalue weighted by Gasteiger charge is -2.36. The lowest BCUT2D eigenvalue weighted by atomic mass is 9.95. The summed E-state index contributed by atoms with van der Waals surface area (Å²) in [4.78, 5) is 14.5. The third-order valence-corrected chi connectivity index (χ3v) is 4.62. The molecule has 6 heteroatoms. The molecule has 1 unspecified atom stereocenters. The minimum Gasteiger partial charge on any atom is -0.382 e. The van der Waals surface area contributed by atoms with Crippen molar-refractivity contribution in [2.75, 3.05) is 27.3 Å². The molecular weight excluding hydrogens is 339 g/mol. The van der Waals surface area contributed by atoms with Crippen molar-refractivity contribution in [2.45, 2.75) is 24.9 Å². The molecule has 116 valence electrons. The van der Waals surface area contributed by atoms with E-state index in [2.05, 4.69) is 26.1 Å². The second-order valence-electron chi connectivity index (χ2n) is 5.32. The van der Waals surface area contributed by atoms with Crippen LogP contribution in [0.2, 0.25) is 0 Å². The van der Waals surface area contributed by atoms with E-state index in [-0.39, 0.29) is 11.7 Å². The average Bonchev–Trinajstić information content (AvgIpc) is 2.86. The normalized spacial score (nSPS) is 22.5. The molecule has 2 rings (SSSR count). The number of nitrogens with zero attached hydrogens (tertiary/aromatic N) is 1. The third-order valence-electron chi connectivity index (χ3n) is 4.01. The van der Waals surface area contributed by atoms with E-state index in [0.29, 0.717) is 17.6 Å². The highest BCUT2D eigenvalue weighted by atomic mass is 79.9. The van der Waals surface area contributed by atoms with Gasteiger partial charge >= 0.3 is 0 Å². The summed E-state index contributed by atoms with van der Waals surface area (Å²) in [6.07, 6.45) is 1.71. The van der Waals surface area contributed by atoms with E-state index >= 15 is 0 Å². The van der Waals surface area contributed by atoms with E-state index in [0.717, 1.165) is 24.9 Å². The molecule has 0 spiro atoms. The molecule has 1 aromatic rings. The first-order valence-corrected chi connectivity index (χ1v) is 7.73. The second-order valence-corrected chi connectivity index (χ2v) is 6.17. The fourth-order valence-corrected chi connectivity index (χ4v) is 3.41. The van der Waals surface area contributed by atoms with Gasteiger partial charge in [0.1, 0.15) is 11.4 Å². The smallest absolute Gasteiger partial charge is 0.242 e. The molecule has 1 aliphatic rings. The van der Waals surface area contributed by atoms with Crippen molar-refractivity contribution in [3.05, 3.63) is 34.1 Å². The SMILES string of the molecule is CNC(=O)C1(COC)CCCN1Cc1ccc(F)c(Br)c1. The lowest BCUT2D eigenvalue weighted by Crippen LogP contribution is -2.57. The van der Waals surface area contributed by atoms with Crippen LogP contribution in [-0.2, 0) is 16.1 Å². The van der Waals surface area contributed by atoms with Gasteiger partial charge in [0.25, 0.3) is 0 Å². The van der Waals surface area contributed by atoms with Gasteiger partial charge in [0.2, 0.25) is 5.91 Å². The number of amides is 1. The number of methoxy groups -OCH3 is 1. The topological polar surface area (TPSA) is 41.6 Å². The Kier molecular flexibility index (Phi) is 5.35. The van der Waals surface area contributed by atoms with Crippen LogP contribution in [0.3, 0.4) is 0 Å². The summed E-state index contributed by atoms with van der Waals surface area (Å²) in [7, 11) is 3.25. The number of nitrogens with one attached hydrogen (secondary N) is 1. The number of likely N-dealkylation sites (N-methyl/N-ethyl adjacent to an activating group) is 1. The first kappa shape index (κ1) is 16.4. The number of ether oxygens (including phenoxy) is 1. The van der Waals surface area contributed by atoms with Crippen molar-refractivity contribution in [1.82, 2.24) is 10.2 Å². The molecule has 1 atom stereocenters. The van der Waals surface area contributed by atoms with Crippen molar-refractivity contribution >= 4 is 21.8 Å². The predicted molar refractivity (Wildman–Crippen MR) is 82.4 cm³/mol. The molecule has 1 amide bonds. The number of rotatable bonds is 5. The molecule has 0 aliphatic carbocycles. The van der Waals surface area contributed by atoms with Gasteiger partial charge in [-0.05, 0) is 53.0 Å². The van der Waals surface area contributed by atoms with E-state index in [1.807, 2.05) is 0 Å². The zero-order valence-electron chi connectivity index (χ0n) is 12.3. The summed E-state index contributed by atoms with van der Waals surface area (Å²) in [5.74, 6) is -0.308. The van der Waals surface area contributed by atoms with Crippen molar-refractivity contribution < 1.29 is 13.9 Å². The highest BCUT2D eigenvalue weighted by molar-refractivity contribution is 9.10. The monoisotopic (exact) mass is 358 g/mol. The van der Waals surface area contributed by atoms with Crippen molar-refractivity contribution in [2.24, 2.45) is 0 Å². The van der Waals surface area contributed by atoms with Crippen LogP contribution in [0.5, 0.6) is 0 Å². The molecule has 0 aromatic heterocycles. The molecule has 0 radical (unpaired) electrons. The summed E-state index contributed by atoms with van der Waals surface area (Å²) in [6, 6.07) is 4.95. The van der Waals surface area contributed by atoms with Gasteiger partial charge in [0.05, 0.1) is 11.1 Å². The Bertz CT molecular complexity index is 526. The van der Waals surface area contributed by atoms with Gasteiger partial charge in [-0.1, -0.05) is 6.07 Å². The van der Waals surface area contributed by atoms with Gasteiger partial charge < -0.3 is 10.1 Å². The summed E-state index contributed by atoms with van der Waals surface area (Å²) in [5.41, 5.74) is 0.333. The molecular formula is C15H20BrFN2O2. The molecule has 1 saturated heterocycles. The summed E-state index contributed by atoms with van der Waals surface area (Å²) >= 11 is 3.20. The number of hydrogen-bond acceptors (Lipinski definition) is 3. The maximum atomic E-state index is 13.3. The lowest BCUT2D eigenvalue weighted by molar-refractivity contribution is -0.135. The Morgan fingerprint density at radius 1 is 1.57 bits per heavy atom. The third kappa shape index (κ3) is 3.27. The molecule has 1 aliphatic heterocycles. The zero-order valence-corrected chi connectivity index (χ0v) is 13.9. The van der Waals surface area contributed by atoms with Crippen LogP contribution in [0.4, 0.5) is 4.39 Å². The minimum atomic E-state index is -0.635. The number of carbonyl (C=O) groups excluding carboxylic acids is 1. The van der Waals surface area contributed by atoms with Gasteiger partial charge in [-0.2, -0.15) is 0 Å². The molecule has 21 heavy (non-hydrogen) atoms. The highest BCUT2D eigenvalue weighted by Gasteiger charge is 2.46. The number of benzene rings is 1. The summed E-state index contributed by atoms with van der Waals surface area (Å²) in [5, 5.41) is 2.74. The molecule has 0 bridgehead atoms. The summed E-state index contributed by atoms with van der Waals surface area (Å²) in [6.45, 7) is 1.77. The summed E-state index contributed by atoms with van der Waals surface area (Å²) < 4.78 is 19.1. The van der Waals surface area contributed by atoms with Crippen LogP contribution < -0.4 is 5.32 Å². The predicted octanol–water partition coefficient (Wildman–Crippen LogP) is 2.32. The fourth-order valence-electron chi connectivity index (χ4n) is 2.98. The number of likely N-dealkylation sites (tertiary alicyclic amines) is 1. The molecule has 4 nitrogen and oxygen atoms in total. The van der Waals surface area contributed by atoms with Gasteiger partial charge in [-0.15, -0.1) is 0 Å². The molecule has 0 saturated carbocycles.